The van der Waals surface area contributed by atoms with Gasteiger partial charge < -0.3 is 21.0 Å². The van der Waals surface area contributed by atoms with Gasteiger partial charge >= 0.3 is 0 Å². The SMILES string of the molecule is Cn1c(-c2nc3ccc(N)cc3[nH]2)nc2ccc(N)cc21. The van der Waals surface area contributed by atoms with Crippen molar-refractivity contribution in [1.82, 2.24) is 19.5 Å². The molecule has 0 unspecified atom stereocenters. The summed E-state index contributed by atoms with van der Waals surface area (Å²) in [6.45, 7) is 0. The molecular formula is C15H14N6. The number of benzene rings is 2. The monoisotopic (exact) mass is 278 g/mol. The Labute approximate surface area is 120 Å². The van der Waals surface area contributed by atoms with Crippen LogP contribution in [-0.4, -0.2) is 19.5 Å². The van der Waals surface area contributed by atoms with Gasteiger partial charge in [-0.25, -0.2) is 9.97 Å². The number of fused-ring (bicyclic) bond motifs is 2. The van der Waals surface area contributed by atoms with Crippen LogP contribution in [0.4, 0.5) is 11.4 Å². The molecule has 104 valence electrons. The minimum absolute atomic E-state index is 0.704. The van der Waals surface area contributed by atoms with E-state index in [0.717, 1.165) is 33.6 Å². The van der Waals surface area contributed by atoms with E-state index in [0.29, 0.717) is 11.5 Å². The molecular weight excluding hydrogens is 264 g/mol. The number of hydrogen-bond acceptors (Lipinski definition) is 4. The summed E-state index contributed by atoms with van der Waals surface area (Å²) in [5.41, 5.74) is 16.7. The van der Waals surface area contributed by atoms with Gasteiger partial charge in [-0.1, -0.05) is 0 Å². The third kappa shape index (κ3) is 1.73. The molecule has 0 bridgehead atoms. The van der Waals surface area contributed by atoms with Crippen LogP contribution in [-0.2, 0) is 7.05 Å². The maximum absolute atomic E-state index is 5.84. The van der Waals surface area contributed by atoms with E-state index in [2.05, 4.69) is 15.0 Å². The molecule has 0 radical (unpaired) electrons. The normalized spacial score (nSPS) is 11.5. The van der Waals surface area contributed by atoms with Crippen molar-refractivity contribution in [2.45, 2.75) is 0 Å². The first kappa shape index (κ1) is 11.8. The summed E-state index contributed by atoms with van der Waals surface area (Å²) >= 11 is 0. The molecule has 0 amide bonds. The fraction of sp³-hybridized carbons (Fsp3) is 0.0667. The third-order valence-corrected chi connectivity index (χ3v) is 3.62. The molecule has 4 rings (SSSR count). The van der Waals surface area contributed by atoms with Gasteiger partial charge in [0.25, 0.3) is 0 Å². The maximum Gasteiger partial charge on any atom is 0.177 e. The minimum Gasteiger partial charge on any atom is -0.399 e. The summed E-state index contributed by atoms with van der Waals surface area (Å²) < 4.78 is 1.98. The van der Waals surface area contributed by atoms with Crippen LogP contribution in [0, 0.1) is 0 Å². The minimum atomic E-state index is 0.704. The van der Waals surface area contributed by atoms with Gasteiger partial charge in [-0.3, -0.25) is 0 Å². The van der Waals surface area contributed by atoms with Gasteiger partial charge in [0, 0.05) is 18.4 Å². The van der Waals surface area contributed by atoms with Crippen molar-refractivity contribution in [3.63, 3.8) is 0 Å². The molecule has 6 heteroatoms. The number of rotatable bonds is 1. The van der Waals surface area contributed by atoms with Crippen molar-refractivity contribution in [3.8, 4) is 11.6 Å². The molecule has 2 aromatic heterocycles. The zero-order valence-electron chi connectivity index (χ0n) is 11.5. The van der Waals surface area contributed by atoms with Crippen molar-refractivity contribution in [2.24, 2.45) is 7.05 Å². The van der Waals surface area contributed by atoms with E-state index in [1.165, 1.54) is 0 Å². The summed E-state index contributed by atoms with van der Waals surface area (Å²) in [4.78, 5) is 12.5. The van der Waals surface area contributed by atoms with Crippen molar-refractivity contribution in [1.29, 1.82) is 0 Å². The van der Waals surface area contributed by atoms with Gasteiger partial charge in [-0.15, -0.1) is 0 Å². The van der Waals surface area contributed by atoms with Crippen LogP contribution in [0.5, 0.6) is 0 Å². The Bertz CT molecular complexity index is 979. The lowest BCUT2D eigenvalue weighted by atomic mass is 10.3. The zero-order chi connectivity index (χ0) is 14.6. The molecule has 6 nitrogen and oxygen atoms in total. The van der Waals surface area contributed by atoms with Crippen molar-refractivity contribution in [2.75, 3.05) is 11.5 Å². The predicted octanol–water partition coefficient (Wildman–Crippen LogP) is 2.28. The molecule has 5 N–H and O–H groups in total. The highest BCUT2D eigenvalue weighted by molar-refractivity contribution is 5.85. The zero-order valence-corrected chi connectivity index (χ0v) is 11.5. The van der Waals surface area contributed by atoms with E-state index < -0.39 is 0 Å². The smallest absolute Gasteiger partial charge is 0.177 e. The van der Waals surface area contributed by atoms with Crippen molar-refractivity contribution < 1.29 is 0 Å². The highest BCUT2D eigenvalue weighted by Crippen LogP contribution is 2.25. The predicted molar refractivity (Wildman–Crippen MR) is 84.6 cm³/mol. The topological polar surface area (TPSA) is 98.5 Å². The first-order chi connectivity index (χ1) is 10.1. The summed E-state index contributed by atoms with van der Waals surface area (Å²) in [6.07, 6.45) is 0. The molecule has 2 aromatic carbocycles. The van der Waals surface area contributed by atoms with Gasteiger partial charge in [0.1, 0.15) is 0 Å². The molecule has 0 aliphatic rings. The molecule has 0 saturated heterocycles. The average molecular weight is 278 g/mol. The van der Waals surface area contributed by atoms with Crippen LogP contribution in [0.3, 0.4) is 0 Å². The van der Waals surface area contributed by atoms with Crippen LogP contribution < -0.4 is 11.5 Å². The number of anilines is 2. The first-order valence-electron chi connectivity index (χ1n) is 6.59. The Kier molecular flexibility index (Phi) is 2.24. The number of aromatic amines is 1. The molecule has 4 aromatic rings. The second kappa shape index (κ2) is 3.99. The lowest BCUT2D eigenvalue weighted by molar-refractivity contribution is 0.945. The summed E-state index contributed by atoms with van der Waals surface area (Å²) in [5, 5.41) is 0. The second-order valence-electron chi connectivity index (χ2n) is 5.10. The number of nitrogens with two attached hydrogens (primary N) is 2. The molecule has 0 fully saturated rings. The number of hydrogen-bond donors (Lipinski definition) is 3. The number of nitrogens with one attached hydrogen (secondary N) is 1. The Balaban J connectivity index is 1.97. The number of aromatic nitrogens is 4. The fourth-order valence-electron chi connectivity index (χ4n) is 2.55. The van der Waals surface area contributed by atoms with Gasteiger partial charge in [0.05, 0.1) is 22.1 Å². The third-order valence-electron chi connectivity index (χ3n) is 3.62. The van der Waals surface area contributed by atoms with Gasteiger partial charge in [-0.05, 0) is 36.4 Å². The Morgan fingerprint density at radius 3 is 2.48 bits per heavy atom. The highest BCUT2D eigenvalue weighted by atomic mass is 15.1. The average Bonchev–Trinajstić information content (AvgIpc) is 3.00. The number of aryl methyl sites for hydroxylation is 1. The van der Waals surface area contributed by atoms with Crippen LogP contribution >= 0.6 is 0 Å². The number of nitrogens with zero attached hydrogens (tertiary/aromatic N) is 3. The van der Waals surface area contributed by atoms with E-state index >= 15 is 0 Å². The highest BCUT2D eigenvalue weighted by Gasteiger charge is 2.13. The molecule has 0 aliphatic carbocycles. The maximum atomic E-state index is 5.84. The Morgan fingerprint density at radius 1 is 0.952 bits per heavy atom. The van der Waals surface area contributed by atoms with E-state index in [1.807, 2.05) is 48.0 Å². The van der Waals surface area contributed by atoms with Gasteiger partial charge in [-0.2, -0.15) is 0 Å². The molecule has 2 heterocycles. The molecule has 0 saturated carbocycles. The molecule has 0 spiro atoms. The lowest BCUT2D eigenvalue weighted by Crippen LogP contribution is -1.94. The van der Waals surface area contributed by atoms with Crippen molar-refractivity contribution in [3.05, 3.63) is 36.4 Å². The number of imidazole rings is 2. The Hall–Kier alpha value is -3.02. The number of H-pyrrole nitrogens is 1. The van der Waals surface area contributed by atoms with E-state index in [-0.39, 0.29) is 0 Å². The largest absolute Gasteiger partial charge is 0.399 e. The van der Waals surface area contributed by atoms with Crippen LogP contribution in [0.2, 0.25) is 0 Å². The fourth-order valence-corrected chi connectivity index (χ4v) is 2.55. The Morgan fingerprint density at radius 2 is 1.67 bits per heavy atom. The van der Waals surface area contributed by atoms with Crippen LogP contribution in [0.25, 0.3) is 33.7 Å². The van der Waals surface area contributed by atoms with E-state index in [9.17, 15) is 0 Å². The van der Waals surface area contributed by atoms with Gasteiger partial charge in [0.15, 0.2) is 11.6 Å². The van der Waals surface area contributed by atoms with Crippen molar-refractivity contribution >= 4 is 33.4 Å². The quantitative estimate of drug-likeness (QED) is 0.465. The van der Waals surface area contributed by atoms with E-state index in [4.69, 9.17) is 11.5 Å². The summed E-state index contributed by atoms with van der Waals surface area (Å²) in [5.74, 6) is 1.48. The summed E-state index contributed by atoms with van der Waals surface area (Å²) in [7, 11) is 1.95. The van der Waals surface area contributed by atoms with Crippen LogP contribution in [0.1, 0.15) is 0 Å². The van der Waals surface area contributed by atoms with E-state index in [1.54, 1.807) is 0 Å². The summed E-state index contributed by atoms with van der Waals surface area (Å²) in [6, 6.07) is 11.3. The molecule has 21 heavy (non-hydrogen) atoms. The van der Waals surface area contributed by atoms with Gasteiger partial charge in [0.2, 0.25) is 0 Å². The number of nitrogen functional groups attached to an aromatic ring is 2. The molecule has 0 aliphatic heterocycles. The first-order valence-corrected chi connectivity index (χ1v) is 6.59. The molecule has 0 atom stereocenters. The standard InChI is InChI=1S/C15H14N6/c1-21-13-7-9(17)3-5-11(13)20-15(21)14-18-10-4-2-8(16)6-12(10)19-14/h2-7H,16-17H2,1H3,(H,18,19). The van der Waals surface area contributed by atoms with Crippen LogP contribution in [0.15, 0.2) is 36.4 Å². The second-order valence-corrected chi connectivity index (χ2v) is 5.10. The lowest BCUT2D eigenvalue weighted by Gasteiger charge is -1.99.